The Kier molecular flexibility index (Phi) is 4.73. The van der Waals surface area contributed by atoms with Crippen LogP contribution in [-0.2, 0) is 0 Å². The molecule has 0 aliphatic rings. The lowest BCUT2D eigenvalue weighted by Gasteiger charge is -2.18. The smallest absolute Gasteiger partial charge is 0.122 e. The fourth-order valence-corrected chi connectivity index (χ4v) is 2.77. The van der Waals surface area contributed by atoms with Gasteiger partial charge in [0.2, 0.25) is 0 Å². The Morgan fingerprint density at radius 2 is 1.70 bits per heavy atom. The van der Waals surface area contributed by atoms with Crippen molar-refractivity contribution >= 4 is 11.8 Å². The molecular formula is C17H21NOS. The number of hydrogen-bond donors (Lipinski definition) is 1. The van der Waals surface area contributed by atoms with Gasteiger partial charge in [-0.3, -0.25) is 0 Å². The van der Waals surface area contributed by atoms with E-state index in [9.17, 15) is 0 Å². The standard InChI is InChI=1S/C17H21NOS/c1-11-10-16(19-3)12(2)9-15(11)17(18)13-5-7-14(20-4)8-6-13/h5-10,17H,18H2,1-4H3. The third-order valence-corrected chi connectivity index (χ3v) is 4.34. The van der Waals surface area contributed by atoms with Gasteiger partial charge in [-0.25, -0.2) is 0 Å². The molecule has 2 rings (SSSR count). The molecule has 2 aromatic carbocycles. The molecule has 1 unspecified atom stereocenters. The predicted molar refractivity (Wildman–Crippen MR) is 86.7 cm³/mol. The summed E-state index contributed by atoms with van der Waals surface area (Å²) in [5.41, 5.74) is 11.0. The average molecular weight is 287 g/mol. The Labute approximate surface area is 125 Å². The fourth-order valence-electron chi connectivity index (χ4n) is 2.36. The van der Waals surface area contributed by atoms with E-state index in [1.807, 2.05) is 6.92 Å². The largest absolute Gasteiger partial charge is 0.496 e. The van der Waals surface area contributed by atoms with Crippen molar-refractivity contribution in [1.82, 2.24) is 0 Å². The van der Waals surface area contributed by atoms with Gasteiger partial charge in [0.05, 0.1) is 13.2 Å². The molecule has 106 valence electrons. The van der Waals surface area contributed by atoms with Gasteiger partial charge in [-0.15, -0.1) is 11.8 Å². The Hall–Kier alpha value is -1.45. The molecular weight excluding hydrogens is 266 g/mol. The molecule has 0 fully saturated rings. The molecule has 0 heterocycles. The molecule has 0 bridgehead atoms. The monoisotopic (exact) mass is 287 g/mol. The van der Waals surface area contributed by atoms with Gasteiger partial charge >= 0.3 is 0 Å². The van der Waals surface area contributed by atoms with E-state index < -0.39 is 0 Å². The molecule has 2 nitrogen and oxygen atoms in total. The minimum atomic E-state index is -0.101. The number of nitrogens with two attached hydrogens (primary N) is 1. The second-order valence-corrected chi connectivity index (χ2v) is 5.81. The van der Waals surface area contributed by atoms with Gasteiger partial charge in [0, 0.05) is 4.90 Å². The van der Waals surface area contributed by atoms with Crippen molar-refractivity contribution in [3.05, 3.63) is 58.7 Å². The van der Waals surface area contributed by atoms with Gasteiger partial charge < -0.3 is 10.5 Å². The minimum Gasteiger partial charge on any atom is -0.496 e. The van der Waals surface area contributed by atoms with Crippen LogP contribution in [-0.4, -0.2) is 13.4 Å². The highest BCUT2D eigenvalue weighted by molar-refractivity contribution is 7.98. The maximum Gasteiger partial charge on any atom is 0.122 e. The van der Waals surface area contributed by atoms with Crippen LogP contribution in [0.2, 0.25) is 0 Å². The summed E-state index contributed by atoms with van der Waals surface area (Å²) in [6, 6.07) is 12.5. The van der Waals surface area contributed by atoms with Crippen LogP contribution in [0.5, 0.6) is 5.75 Å². The van der Waals surface area contributed by atoms with Crippen molar-refractivity contribution in [3.63, 3.8) is 0 Å². The average Bonchev–Trinajstić information content (AvgIpc) is 2.48. The first-order valence-corrected chi connectivity index (χ1v) is 7.84. The highest BCUT2D eigenvalue weighted by Gasteiger charge is 2.13. The summed E-state index contributed by atoms with van der Waals surface area (Å²) in [6.07, 6.45) is 2.08. The minimum absolute atomic E-state index is 0.101. The Morgan fingerprint density at radius 1 is 1.05 bits per heavy atom. The summed E-state index contributed by atoms with van der Waals surface area (Å²) >= 11 is 1.74. The van der Waals surface area contributed by atoms with Crippen molar-refractivity contribution in [2.24, 2.45) is 5.73 Å². The van der Waals surface area contributed by atoms with Crippen LogP contribution in [0.15, 0.2) is 41.3 Å². The molecule has 1 atom stereocenters. The quantitative estimate of drug-likeness (QED) is 0.861. The molecule has 0 saturated heterocycles. The number of thioether (sulfide) groups is 1. The van der Waals surface area contributed by atoms with E-state index in [0.717, 1.165) is 28.0 Å². The van der Waals surface area contributed by atoms with E-state index in [-0.39, 0.29) is 6.04 Å². The molecule has 0 aromatic heterocycles. The summed E-state index contributed by atoms with van der Waals surface area (Å²) in [6.45, 7) is 4.12. The number of benzene rings is 2. The zero-order valence-corrected chi connectivity index (χ0v) is 13.3. The Balaban J connectivity index is 2.36. The first-order valence-electron chi connectivity index (χ1n) is 6.61. The van der Waals surface area contributed by atoms with Crippen LogP contribution in [0.25, 0.3) is 0 Å². The van der Waals surface area contributed by atoms with Crippen molar-refractivity contribution in [2.75, 3.05) is 13.4 Å². The molecule has 2 N–H and O–H groups in total. The van der Waals surface area contributed by atoms with Crippen LogP contribution < -0.4 is 10.5 Å². The Morgan fingerprint density at radius 3 is 2.25 bits per heavy atom. The second-order valence-electron chi connectivity index (χ2n) is 4.93. The van der Waals surface area contributed by atoms with Gasteiger partial charge in [0.15, 0.2) is 0 Å². The van der Waals surface area contributed by atoms with Crippen LogP contribution in [0.1, 0.15) is 28.3 Å². The van der Waals surface area contributed by atoms with Gasteiger partial charge in [-0.2, -0.15) is 0 Å². The van der Waals surface area contributed by atoms with E-state index in [2.05, 4.69) is 49.6 Å². The molecule has 0 radical (unpaired) electrons. The normalized spacial score (nSPS) is 12.2. The van der Waals surface area contributed by atoms with Gasteiger partial charge in [0.25, 0.3) is 0 Å². The van der Waals surface area contributed by atoms with Crippen LogP contribution >= 0.6 is 11.8 Å². The summed E-state index contributed by atoms with van der Waals surface area (Å²) in [7, 11) is 1.70. The number of rotatable bonds is 4. The van der Waals surface area contributed by atoms with Crippen molar-refractivity contribution in [3.8, 4) is 5.75 Å². The molecule has 0 saturated carbocycles. The lowest BCUT2D eigenvalue weighted by Crippen LogP contribution is -2.13. The fraction of sp³-hybridized carbons (Fsp3) is 0.294. The lowest BCUT2D eigenvalue weighted by atomic mass is 9.94. The van der Waals surface area contributed by atoms with Gasteiger partial charge in [-0.05, 0) is 60.6 Å². The third-order valence-electron chi connectivity index (χ3n) is 3.59. The molecule has 20 heavy (non-hydrogen) atoms. The number of ether oxygens (including phenoxy) is 1. The van der Waals surface area contributed by atoms with Crippen molar-refractivity contribution < 1.29 is 4.74 Å². The highest BCUT2D eigenvalue weighted by atomic mass is 32.2. The summed E-state index contributed by atoms with van der Waals surface area (Å²) in [5, 5.41) is 0. The predicted octanol–water partition coefficient (Wildman–Crippen LogP) is 4.08. The van der Waals surface area contributed by atoms with Crippen LogP contribution in [0, 0.1) is 13.8 Å². The SMILES string of the molecule is COc1cc(C)c(C(N)c2ccc(SC)cc2)cc1C. The summed E-state index contributed by atoms with van der Waals surface area (Å²) < 4.78 is 5.35. The molecule has 0 amide bonds. The zero-order valence-electron chi connectivity index (χ0n) is 12.4. The molecule has 2 aromatic rings. The first kappa shape index (κ1) is 14.9. The number of methoxy groups -OCH3 is 1. The first-order chi connectivity index (χ1) is 9.56. The van der Waals surface area contributed by atoms with E-state index in [1.54, 1.807) is 18.9 Å². The maximum absolute atomic E-state index is 6.42. The number of hydrogen-bond acceptors (Lipinski definition) is 3. The maximum atomic E-state index is 6.42. The summed E-state index contributed by atoms with van der Waals surface area (Å²) in [5.74, 6) is 0.913. The molecule has 0 spiro atoms. The lowest BCUT2D eigenvalue weighted by molar-refractivity contribution is 0.411. The third kappa shape index (κ3) is 3.00. The number of aryl methyl sites for hydroxylation is 2. The molecule has 0 aliphatic heterocycles. The van der Waals surface area contributed by atoms with E-state index >= 15 is 0 Å². The second kappa shape index (κ2) is 6.33. The van der Waals surface area contributed by atoms with Gasteiger partial charge in [0.1, 0.15) is 5.75 Å². The van der Waals surface area contributed by atoms with Crippen molar-refractivity contribution in [1.29, 1.82) is 0 Å². The van der Waals surface area contributed by atoms with E-state index in [0.29, 0.717) is 0 Å². The molecule has 3 heteroatoms. The van der Waals surface area contributed by atoms with Crippen LogP contribution in [0.4, 0.5) is 0 Å². The van der Waals surface area contributed by atoms with E-state index in [4.69, 9.17) is 10.5 Å². The highest BCUT2D eigenvalue weighted by Crippen LogP contribution is 2.29. The van der Waals surface area contributed by atoms with Crippen LogP contribution in [0.3, 0.4) is 0 Å². The molecule has 0 aliphatic carbocycles. The topological polar surface area (TPSA) is 35.2 Å². The van der Waals surface area contributed by atoms with Gasteiger partial charge in [-0.1, -0.05) is 18.2 Å². The Bertz CT molecular complexity index is 593. The van der Waals surface area contributed by atoms with E-state index in [1.165, 1.54) is 4.90 Å². The summed E-state index contributed by atoms with van der Waals surface area (Å²) in [4.78, 5) is 1.25. The zero-order chi connectivity index (χ0) is 14.7. The van der Waals surface area contributed by atoms with Crippen molar-refractivity contribution in [2.45, 2.75) is 24.8 Å².